The number of thioether (sulfide) groups is 1. The molecule has 0 aliphatic carbocycles. The summed E-state index contributed by atoms with van der Waals surface area (Å²) in [5, 5.41) is 2.05. The molecule has 6 heteroatoms. The van der Waals surface area contributed by atoms with E-state index in [1.165, 1.54) is 5.56 Å². The number of hydrogen-bond acceptors (Lipinski definition) is 4. The van der Waals surface area contributed by atoms with Crippen molar-refractivity contribution in [3.8, 4) is 0 Å². The summed E-state index contributed by atoms with van der Waals surface area (Å²) in [5.41, 5.74) is 1.17. The molecule has 26 heavy (non-hydrogen) atoms. The Kier molecular flexibility index (Phi) is 7.00. The predicted octanol–water partition coefficient (Wildman–Crippen LogP) is 3.61. The van der Waals surface area contributed by atoms with E-state index in [0.29, 0.717) is 13.0 Å². The van der Waals surface area contributed by atoms with Crippen LogP contribution in [0.4, 0.5) is 4.79 Å². The highest BCUT2D eigenvalue weighted by Gasteiger charge is 2.31. The lowest BCUT2D eigenvalue weighted by Gasteiger charge is -2.39. The molecule has 0 bridgehead atoms. The fourth-order valence-corrected chi connectivity index (χ4v) is 4.07. The number of nitrogens with zero attached hydrogens (tertiary/aromatic N) is 2. The molecule has 0 spiro atoms. The summed E-state index contributed by atoms with van der Waals surface area (Å²) >= 11 is 1.67. The van der Waals surface area contributed by atoms with Gasteiger partial charge in [0.05, 0.1) is 6.61 Å². The Morgan fingerprint density at radius 1 is 1.19 bits per heavy atom. The van der Waals surface area contributed by atoms with Crippen molar-refractivity contribution < 1.29 is 14.3 Å². The van der Waals surface area contributed by atoms with Crippen LogP contribution in [-0.2, 0) is 9.53 Å². The summed E-state index contributed by atoms with van der Waals surface area (Å²) in [6, 6.07) is 10.4. The minimum atomic E-state index is -0.192. The lowest BCUT2D eigenvalue weighted by molar-refractivity contribution is -0.132. The van der Waals surface area contributed by atoms with Crippen molar-refractivity contribution >= 4 is 29.8 Å². The van der Waals surface area contributed by atoms with Crippen LogP contribution in [0.15, 0.2) is 35.7 Å². The average molecular weight is 375 g/mol. The molecule has 1 aromatic rings. The van der Waals surface area contributed by atoms with Crippen LogP contribution >= 0.6 is 11.8 Å². The molecule has 0 atom stereocenters. The number of ether oxygens (including phenoxy) is 1. The standard InChI is InChI=1S/C20H26N2O3S/c23-19(10-16-26-15-9-17-5-2-1-3-6-17)21-12-7-18(8-13-21)22-11-4-14-25-20(22)24/h1-3,5-6,9,15,18H,4,7-8,10-14,16H2/b15-9-. The average Bonchev–Trinajstić information content (AvgIpc) is 2.69. The van der Waals surface area contributed by atoms with Gasteiger partial charge in [-0.1, -0.05) is 30.3 Å². The summed E-state index contributed by atoms with van der Waals surface area (Å²) in [4.78, 5) is 28.0. The molecule has 2 heterocycles. The van der Waals surface area contributed by atoms with Gasteiger partial charge in [-0.05, 0) is 36.3 Å². The number of benzene rings is 1. The van der Waals surface area contributed by atoms with Crippen molar-refractivity contribution in [2.45, 2.75) is 31.7 Å². The molecule has 0 aromatic heterocycles. The Morgan fingerprint density at radius 2 is 1.96 bits per heavy atom. The van der Waals surface area contributed by atoms with Gasteiger partial charge in [-0.3, -0.25) is 4.79 Å². The van der Waals surface area contributed by atoms with E-state index >= 15 is 0 Å². The molecule has 0 N–H and O–H groups in total. The molecule has 2 aliphatic rings. The van der Waals surface area contributed by atoms with E-state index in [4.69, 9.17) is 4.74 Å². The second kappa shape index (κ2) is 9.67. The van der Waals surface area contributed by atoms with Crippen molar-refractivity contribution in [2.75, 3.05) is 32.0 Å². The monoisotopic (exact) mass is 374 g/mol. The molecule has 0 unspecified atom stereocenters. The van der Waals surface area contributed by atoms with Crippen molar-refractivity contribution in [3.05, 3.63) is 41.3 Å². The molecule has 0 radical (unpaired) electrons. The maximum Gasteiger partial charge on any atom is 0.410 e. The van der Waals surface area contributed by atoms with E-state index in [9.17, 15) is 9.59 Å². The molecule has 2 fully saturated rings. The third kappa shape index (κ3) is 5.27. The van der Waals surface area contributed by atoms with Gasteiger partial charge in [-0.2, -0.15) is 0 Å². The van der Waals surface area contributed by atoms with Gasteiger partial charge < -0.3 is 14.5 Å². The van der Waals surface area contributed by atoms with Crippen molar-refractivity contribution in [2.24, 2.45) is 0 Å². The number of rotatable bonds is 6. The van der Waals surface area contributed by atoms with Gasteiger partial charge in [0.25, 0.3) is 0 Å². The van der Waals surface area contributed by atoms with Crippen LogP contribution in [0.5, 0.6) is 0 Å². The first kappa shape index (κ1) is 18.8. The number of hydrogen-bond donors (Lipinski definition) is 0. The van der Waals surface area contributed by atoms with Crippen molar-refractivity contribution in [1.29, 1.82) is 0 Å². The lowest BCUT2D eigenvalue weighted by Crippen LogP contribution is -2.50. The third-order valence-electron chi connectivity index (χ3n) is 4.85. The highest BCUT2D eigenvalue weighted by molar-refractivity contribution is 8.02. The molecule has 3 rings (SSSR count). The Balaban J connectivity index is 1.34. The van der Waals surface area contributed by atoms with Gasteiger partial charge in [0.2, 0.25) is 5.91 Å². The molecular weight excluding hydrogens is 348 g/mol. The van der Waals surface area contributed by atoms with Gasteiger partial charge >= 0.3 is 6.09 Å². The topological polar surface area (TPSA) is 49.9 Å². The SMILES string of the molecule is O=C(CCS/C=C\c1ccccc1)N1CCC(N2CCCOC2=O)CC1. The number of amides is 2. The van der Waals surface area contributed by atoms with Gasteiger partial charge in [0.1, 0.15) is 0 Å². The molecule has 5 nitrogen and oxygen atoms in total. The van der Waals surface area contributed by atoms with E-state index in [2.05, 4.69) is 23.6 Å². The van der Waals surface area contributed by atoms with E-state index < -0.39 is 0 Å². The quantitative estimate of drug-likeness (QED) is 0.714. The van der Waals surface area contributed by atoms with E-state index in [-0.39, 0.29) is 18.0 Å². The van der Waals surface area contributed by atoms with Crippen LogP contribution in [0.25, 0.3) is 6.08 Å². The number of likely N-dealkylation sites (tertiary alicyclic amines) is 1. The minimum Gasteiger partial charge on any atom is -0.449 e. The van der Waals surface area contributed by atoms with Crippen LogP contribution in [0, 0.1) is 0 Å². The zero-order valence-electron chi connectivity index (χ0n) is 15.0. The van der Waals surface area contributed by atoms with Crippen LogP contribution in [-0.4, -0.2) is 59.8 Å². The molecule has 2 saturated heterocycles. The van der Waals surface area contributed by atoms with Gasteiger partial charge in [-0.15, -0.1) is 11.8 Å². The predicted molar refractivity (Wildman–Crippen MR) is 105 cm³/mol. The first-order chi connectivity index (χ1) is 12.7. The fraction of sp³-hybridized carbons (Fsp3) is 0.500. The smallest absolute Gasteiger partial charge is 0.410 e. The van der Waals surface area contributed by atoms with Crippen LogP contribution in [0.2, 0.25) is 0 Å². The maximum atomic E-state index is 12.4. The Labute approximate surface area is 159 Å². The summed E-state index contributed by atoms with van der Waals surface area (Å²) < 4.78 is 5.12. The molecule has 1 aromatic carbocycles. The molecular formula is C20H26N2O3S. The van der Waals surface area contributed by atoms with Crippen LogP contribution in [0.1, 0.15) is 31.2 Å². The van der Waals surface area contributed by atoms with Crippen molar-refractivity contribution in [1.82, 2.24) is 9.80 Å². The van der Waals surface area contributed by atoms with Crippen LogP contribution < -0.4 is 0 Å². The number of carbonyl (C=O) groups is 2. The van der Waals surface area contributed by atoms with E-state index in [1.54, 1.807) is 11.8 Å². The normalized spacial score (nSPS) is 19.0. The fourth-order valence-electron chi connectivity index (χ4n) is 3.39. The largest absolute Gasteiger partial charge is 0.449 e. The maximum absolute atomic E-state index is 12.4. The minimum absolute atomic E-state index is 0.192. The highest BCUT2D eigenvalue weighted by Crippen LogP contribution is 2.21. The second-order valence-corrected chi connectivity index (χ2v) is 7.62. The summed E-state index contributed by atoms with van der Waals surface area (Å²) in [5.74, 6) is 1.01. The first-order valence-corrected chi connectivity index (χ1v) is 10.3. The summed E-state index contributed by atoms with van der Waals surface area (Å²) in [7, 11) is 0. The highest BCUT2D eigenvalue weighted by atomic mass is 32.2. The van der Waals surface area contributed by atoms with Crippen molar-refractivity contribution in [3.63, 3.8) is 0 Å². The zero-order valence-corrected chi connectivity index (χ0v) is 15.8. The third-order valence-corrected chi connectivity index (χ3v) is 5.62. The first-order valence-electron chi connectivity index (χ1n) is 9.28. The zero-order chi connectivity index (χ0) is 18.2. The number of carbonyl (C=O) groups excluding carboxylic acids is 2. The molecule has 2 aliphatic heterocycles. The van der Waals surface area contributed by atoms with E-state index in [1.807, 2.05) is 28.0 Å². The Bertz CT molecular complexity index is 627. The molecule has 140 valence electrons. The molecule has 2 amide bonds. The Hall–Kier alpha value is -1.95. The van der Waals surface area contributed by atoms with Crippen LogP contribution in [0.3, 0.4) is 0 Å². The number of cyclic esters (lactones) is 1. The van der Waals surface area contributed by atoms with E-state index in [0.717, 1.165) is 44.6 Å². The number of piperidine rings is 1. The molecule has 0 saturated carbocycles. The Morgan fingerprint density at radius 3 is 2.69 bits per heavy atom. The lowest BCUT2D eigenvalue weighted by atomic mass is 10.0. The van der Waals surface area contributed by atoms with Gasteiger partial charge in [0, 0.05) is 37.8 Å². The summed E-state index contributed by atoms with van der Waals surface area (Å²) in [6.45, 7) is 2.78. The second-order valence-electron chi connectivity index (χ2n) is 6.61. The van der Waals surface area contributed by atoms with Gasteiger partial charge in [0.15, 0.2) is 0 Å². The summed E-state index contributed by atoms with van der Waals surface area (Å²) in [6.07, 6.45) is 5.03. The van der Waals surface area contributed by atoms with Gasteiger partial charge in [-0.25, -0.2) is 4.79 Å².